The van der Waals surface area contributed by atoms with Crippen molar-refractivity contribution in [3.8, 4) is 0 Å². The molecule has 0 saturated heterocycles. The first-order valence-electron chi connectivity index (χ1n) is 7.11. The third-order valence-electron chi connectivity index (χ3n) is 3.58. The number of alkyl halides is 6. The van der Waals surface area contributed by atoms with Gasteiger partial charge in [0.2, 0.25) is 5.91 Å². The van der Waals surface area contributed by atoms with Gasteiger partial charge in [-0.1, -0.05) is 23.7 Å². The third-order valence-corrected chi connectivity index (χ3v) is 3.90. The van der Waals surface area contributed by atoms with Crippen LogP contribution in [-0.4, -0.2) is 10.9 Å². The van der Waals surface area contributed by atoms with Gasteiger partial charge >= 0.3 is 12.4 Å². The molecule has 0 unspecified atom stereocenters. The zero-order valence-electron chi connectivity index (χ0n) is 12.9. The lowest BCUT2D eigenvalue weighted by Crippen LogP contribution is -2.21. The van der Waals surface area contributed by atoms with Crippen LogP contribution in [0.25, 0.3) is 0 Å². The number of carbonyl (C=O) groups excluding carboxylic acids is 1. The Bertz CT molecular complexity index is 832. The molecule has 0 aliphatic rings. The predicted octanol–water partition coefficient (Wildman–Crippen LogP) is 4.66. The van der Waals surface area contributed by atoms with Crippen molar-refractivity contribution in [3.05, 3.63) is 63.4 Å². The second kappa shape index (κ2) is 7.14. The Balaban J connectivity index is 2.33. The third kappa shape index (κ3) is 4.46. The van der Waals surface area contributed by atoms with E-state index in [9.17, 15) is 31.1 Å². The molecule has 0 aliphatic carbocycles. The molecule has 0 atom stereocenters. The Morgan fingerprint density at radius 2 is 1.73 bits per heavy atom. The minimum atomic E-state index is -4.82. The molecule has 3 nitrogen and oxygen atoms in total. The molecule has 0 bridgehead atoms. The van der Waals surface area contributed by atoms with Crippen LogP contribution >= 0.6 is 11.6 Å². The molecule has 1 amide bonds. The van der Waals surface area contributed by atoms with Gasteiger partial charge in [0, 0.05) is 6.20 Å². The summed E-state index contributed by atoms with van der Waals surface area (Å²) in [6.45, 7) is 0. The molecule has 10 heteroatoms. The first-order valence-corrected chi connectivity index (χ1v) is 7.49. The number of nitrogens with two attached hydrogens (primary N) is 1. The van der Waals surface area contributed by atoms with E-state index in [-0.39, 0.29) is 29.1 Å². The van der Waals surface area contributed by atoms with Crippen LogP contribution in [0.15, 0.2) is 30.5 Å². The van der Waals surface area contributed by atoms with Crippen molar-refractivity contribution in [2.45, 2.75) is 25.2 Å². The molecule has 0 spiro atoms. The fraction of sp³-hybridized carbons (Fsp3) is 0.250. The molecule has 26 heavy (non-hydrogen) atoms. The van der Waals surface area contributed by atoms with Crippen molar-refractivity contribution in [2.75, 3.05) is 0 Å². The summed E-state index contributed by atoms with van der Waals surface area (Å²) in [7, 11) is 0. The Labute approximate surface area is 148 Å². The topological polar surface area (TPSA) is 56.0 Å². The molecule has 1 aromatic heterocycles. The summed E-state index contributed by atoms with van der Waals surface area (Å²) >= 11 is 5.75. The molecule has 2 N–H and O–H groups in total. The number of halogens is 7. The fourth-order valence-corrected chi connectivity index (χ4v) is 2.67. The minimum Gasteiger partial charge on any atom is -0.366 e. The highest BCUT2D eigenvalue weighted by Crippen LogP contribution is 2.36. The van der Waals surface area contributed by atoms with E-state index in [1.807, 2.05) is 0 Å². The van der Waals surface area contributed by atoms with E-state index < -0.39 is 35.0 Å². The number of aryl methyl sites for hydroxylation is 2. The van der Waals surface area contributed by atoms with Crippen molar-refractivity contribution < 1.29 is 31.1 Å². The van der Waals surface area contributed by atoms with Crippen molar-refractivity contribution in [1.82, 2.24) is 4.98 Å². The summed E-state index contributed by atoms with van der Waals surface area (Å²) in [4.78, 5) is 14.8. The summed E-state index contributed by atoms with van der Waals surface area (Å²) in [5.74, 6) is -1.23. The van der Waals surface area contributed by atoms with Crippen LogP contribution in [0.2, 0.25) is 5.02 Å². The number of carbonyl (C=O) groups is 1. The predicted molar refractivity (Wildman–Crippen MR) is 81.6 cm³/mol. The second-order valence-electron chi connectivity index (χ2n) is 5.35. The maximum absolute atomic E-state index is 13.3. The van der Waals surface area contributed by atoms with Gasteiger partial charge < -0.3 is 5.73 Å². The fourth-order valence-electron chi connectivity index (χ4n) is 2.41. The van der Waals surface area contributed by atoms with Gasteiger partial charge in [-0.3, -0.25) is 9.78 Å². The molecule has 0 fully saturated rings. The first kappa shape index (κ1) is 20.0. The lowest BCUT2D eigenvalue weighted by atomic mass is 9.96. The quantitative estimate of drug-likeness (QED) is 0.764. The van der Waals surface area contributed by atoms with Gasteiger partial charge in [-0.05, 0) is 30.5 Å². The maximum atomic E-state index is 13.3. The van der Waals surface area contributed by atoms with Crippen LogP contribution in [0.1, 0.15) is 32.7 Å². The SMILES string of the molecule is NC(=O)c1cccc(CCc2ncc(C(F)(F)F)cc2Cl)c1C(F)(F)F. The van der Waals surface area contributed by atoms with Gasteiger partial charge in [-0.2, -0.15) is 26.3 Å². The van der Waals surface area contributed by atoms with Crippen LogP contribution in [0.4, 0.5) is 26.3 Å². The summed E-state index contributed by atoms with van der Waals surface area (Å²) in [5, 5.41) is -0.306. The summed E-state index contributed by atoms with van der Waals surface area (Å²) in [6.07, 6.45) is -9.28. The highest BCUT2D eigenvalue weighted by atomic mass is 35.5. The number of hydrogen-bond donors (Lipinski definition) is 1. The van der Waals surface area contributed by atoms with E-state index in [1.165, 1.54) is 6.07 Å². The molecular weight excluding hydrogens is 386 g/mol. The van der Waals surface area contributed by atoms with E-state index in [0.29, 0.717) is 12.3 Å². The number of benzene rings is 1. The van der Waals surface area contributed by atoms with E-state index in [2.05, 4.69) is 4.98 Å². The number of aromatic nitrogens is 1. The van der Waals surface area contributed by atoms with Gasteiger partial charge in [-0.15, -0.1) is 0 Å². The van der Waals surface area contributed by atoms with Crippen LogP contribution in [-0.2, 0) is 25.2 Å². The van der Waals surface area contributed by atoms with Crippen LogP contribution in [0, 0.1) is 0 Å². The normalized spacial score (nSPS) is 12.3. The van der Waals surface area contributed by atoms with E-state index >= 15 is 0 Å². The van der Waals surface area contributed by atoms with Gasteiger partial charge in [0.15, 0.2) is 0 Å². The summed E-state index contributed by atoms with van der Waals surface area (Å²) in [5.41, 5.74) is 1.86. The number of pyridine rings is 1. The van der Waals surface area contributed by atoms with Crippen LogP contribution in [0.5, 0.6) is 0 Å². The van der Waals surface area contributed by atoms with Gasteiger partial charge in [0.1, 0.15) is 0 Å². The smallest absolute Gasteiger partial charge is 0.366 e. The Hall–Kier alpha value is -2.29. The zero-order valence-corrected chi connectivity index (χ0v) is 13.6. The highest BCUT2D eigenvalue weighted by molar-refractivity contribution is 6.31. The minimum absolute atomic E-state index is 0.0114. The molecule has 0 saturated carbocycles. The summed E-state index contributed by atoms with van der Waals surface area (Å²) < 4.78 is 77.6. The second-order valence-corrected chi connectivity index (χ2v) is 5.76. The molecule has 1 aromatic carbocycles. The number of nitrogens with zero attached hydrogens (tertiary/aromatic N) is 1. The molecule has 2 aromatic rings. The lowest BCUT2D eigenvalue weighted by molar-refractivity contribution is -0.139. The Morgan fingerprint density at radius 3 is 2.23 bits per heavy atom. The van der Waals surface area contributed by atoms with Gasteiger partial charge in [0.05, 0.1) is 27.4 Å². The lowest BCUT2D eigenvalue weighted by Gasteiger charge is -2.16. The molecule has 2 rings (SSSR count). The number of rotatable bonds is 4. The summed E-state index contributed by atoms with van der Waals surface area (Å²) in [6, 6.07) is 4.02. The standard InChI is InChI=1S/C16H11ClF6N2O/c17-11-6-9(15(18,19)20)7-25-12(11)5-4-8-2-1-3-10(14(24)26)13(8)16(21,22)23/h1-3,6-7H,4-5H2,(H2,24,26). The molecule has 1 heterocycles. The zero-order chi connectivity index (χ0) is 19.7. The Kier molecular flexibility index (Phi) is 5.50. The van der Waals surface area contributed by atoms with E-state index in [4.69, 9.17) is 17.3 Å². The molecule has 140 valence electrons. The number of primary amides is 1. The van der Waals surface area contributed by atoms with Crippen molar-refractivity contribution in [2.24, 2.45) is 5.73 Å². The van der Waals surface area contributed by atoms with E-state index in [1.54, 1.807) is 0 Å². The van der Waals surface area contributed by atoms with Crippen LogP contribution in [0.3, 0.4) is 0 Å². The first-order chi connectivity index (χ1) is 11.9. The largest absolute Gasteiger partial charge is 0.417 e. The molecular formula is C16H11ClF6N2O. The Morgan fingerprint density at radius 1 is 1.08 bits per heavy atom. The molecule has 0 radical (unpaired) electrons. The van der Waals surface area contributed by atoms with Crippen LogP contribution < -0.4 is 5.73 Å². The average Bonchev–Trinajstić information content (AvgIpc) is 2.51. The number of amides is 1. The average molecular weight is 397 g/mol. The van der Waals surface area contributed by atoms with Gasteiger partial charge in [0.25, 0.3) is 0 Å². The molecule has 0 aliphatic heterocycles. The number of hydrogen-bond acceptors (Lipinski definition) is 2. The highest BCUT2D eigenvalue weighted by Gasteiger charge is 2.37. The van der Waals surface area contributed by atoms with Gasteiger partial charge in [-0.25, -0.2) is 0 Å². The van der Waals surface area contributed by atoms with Crippen molar-refractivity contribution >= 4 is 17.5 Å². The van der Waals surface area contributed by atoms with E-state index in [0.717, 1.165) is 12.1 Å². The van der Waals surface area contributed by atoms with Crippen molar-refractivity contribution in [3.63, 3.8) is 0 Å². The maximum Gasteiger partial charge on any atom is 0.417 e. The monoisotopic (exact) mass is 396 g/mol. The van der Waals surface area contributed by atoms with Crippen molar-refractivity contribution in [1.29, 1.82) is 0 Å².